The number of rotatable bonds is 4. The van der Waals surface area contributed by atoms with Crippen LogP contribution in [0.3, 0.4) is 0 Å². The molecule has 3 rings (SSSR count). The first-order valence-corrected chi connectivity index (χ1v) is 7.17. The second kappa shape index (κ2) is 5.73. The zero-order valence-electron chi connectivity index (χ0n) is 12.6. The van der Waals surface area contributed by atoms with Crippen molar-refractivity contribution < 1.29 is 4.39 Å². The lowest BCUT2D eigenvalue weighted by molar-refractivity contribution is 0.610. The molecule has 0 saturated carbocycles. The lowest BCUT2D eigenvalue weighted by atomic mass is 10.1. The fourth-order valence-corrected chi connectivity index (χ4v) is 2.47. The minimum absolute atomic E-state index is 0.193. The number of aromatic nitrogens is 3. The van der Waals surface area contributed by atoms with Crippen molar-refractivity contribution in [2.75, 3.05) is 5.32 Å². The van der Waals surface area contributed by atoms with Crippen LogP contribution in [0.5, 0.6) is 0 Å². The SMILES string of the molecule is CCc1cc(CN)c(F)cc1Nc1cc2c(cn1)ncn2C. The molecule has 2 heterocycles. The predicted octanol–water partition coefficient (Wildman–Crippen LogP) is 2.87. The lowest BCUT2D eigenvalue weighted by Crippen LogP contribution is -2.04. The first-order valence-electron chi connectivity index (χ1n) is 7.17. The van der Waals surface area contributed by atoms with Gasteiger partial charge in [-0.15, -0.1) is 0 Å². The fourth-order valence-electron chi connectivity index (χ4n) is 2.47. The molecular formula is C16H18FN5. The molecule has 0 unspecified atom stereocenters. The maximum atomic E-state index is 14.0. The number of hydrogen-bond acceptors (Lipinski definition) is 4. The zero-order valence-corrected chi connectivity index (χ0v) is 12.6. The second-order valence-electron chi connectivity index (χ2n) is 5.20. The van der Waals surface area contributed by atoms with Crippen LogP contribution in [-0.4, -0.2) is 14.5 Å². The van der Waals surface area contributed by atoms with Crippen molar-refractivity contribution in [2.24, 2.45) is 12.8 Å². The summed E-state index contributed by atoms with van der Waals surface area (Å²) in [5.41, 5.74) is 9.60. The van der Waals surface area contributed by atoms with Crippen LogP contribution in [0.15, 0.2) is 30.7 Å². The van der Waals surface area contributed by atoms with E-state index in [2.05, 4.69) is 15.3 Å². The van der Waals surface area contributed by atoms with E-state index >= 15 is 0 Å². The molecule has 0 fully saturated rings. The standard InChI is InChI=1S/C16H18FN5/c1-3-10-4-11(7-18)12(17)5-13(10)21-16-6-15-14(8-19-16)20-9-22(15)2/h4-6,8-9H,3,7,18H2,1-2H3,(H,19,21). The molecule has 0 amide bonds. The molecule has 0 aliphatic rings. The molecule has 2 aromatic heterocycles. The Kier molecular flexibility index (Phi) is 3.77. The summed E-state index contributed by atoms with van der Waals surface area (Å²) in [7, 11) is 1.92. The summed E-state index contributed by atoms with van der Waals surface area (Å²) < 4.78 is 15.9. The summed E-state index contributed by atoms with van der Waals surface area (Å²) in [5.74, 6) is 0.356. The summed E-state index contributed by atoms with van der Waals surface area (Å²) in [6, 6.07) is 5.19. The van der Waals surface area contributed by atoms with E-state index in [0.29, 0.717) is 17.1 Å². The minimum Gasteiger partial charge on any atom is -0.340 e. The molecule has 114 valence electrons. The molecular weight excluding hydrogens is 281 g/mol. The van der Waals surface area contributed by atoms with Gasteiger partial charge in [-0.25, -0.2) is 14.4 Å². The number of fused-ring (bicyclic) bond motifs is 1. The van der Waals surface area contributed by atoms with Gasteiger partial charge >= 0.3 is 0 Å². The van der Waals surface area contributed by atoms with E-state index in [-0.39, 0.29) is 12.4 Å². The van der Waals surface area contributed by atoms with Gasteiger partial charge in [0.1, 0.15) is 17.2 Å². The summed E-state index contributed by atoms with van der Waals surface area (Å²) in [4.78, 5) is 8.56. The Hall–Kier alpha value is -2.47. The fraction of sp³-hybridized carbons (Fsp3) is 0.250. The Morgan fingerprint density at radius 1 is 1.23 bits per heavy atom. The second-order valence-corrected chi connectivity index (χ2v) is 5.20. The maximum absolute atomic E-state index is 14.0. The largest absolute Gasteiger partial charge is 0.340 e. The Bertz CT molecular complexity index is 825. The van der Waals surface area contributed by atoms with Gasteiger partial charge in [-0.2, -0.15) is 0 Å². The number of nitrogens with one attached hydrogen (secondary N) is 1. The first kappa shape index (κ1) is 14.5. The number of pyridine rings is 1. The van der Waals surface area contributed by atoms with Crippen molar-refractivity contribution in [3.05, 3.63) is 47.7 Å². The molecule has 0 saturated heterocycles. The van der Waals surface area contributed by atoms with Gasteiger partial charge in [-0.3, -0.25) is 0 Å². The number of nitrogens with zero attached hydrogens (tertiary/aromatic N) is 3. The predicted molar refractivity (Wildman–Crippen MR) is 85.5 cm³/mol. The van der Waals surface area contributed by atoms with Crippen molar-refractivity contribution in [3.8, 4) is 0 Å². The van der Waals surface area contributed by atoms with Gasteiger partial charge in [-0.1, -0.05) is 6.92 Å². The Labute approximate surface area is 128 Å². The van der Waals surface area contributed by atoms with Crippen LogP contribution in [0.4, 0.5) is 15.9 Å². The van der Waals surface area contributed by atoms with Crippen LogP contribution >= 0.6 is 0 Å². The van der Waals surface area contributed by atoms with Gasteiger partial charge in [0.2, 0.25) is 0 Å². The Morgan fingerprint density at radius 2 is 2.05 bits per heavy atom. The summed E-state index contributed by atoms with van der Waals surface area (Å²) in [5, 5.41) is 3.19. The topological polar surface area (TPSA) is 68.8 Å². The molecule has 0 atom stereocenters. The van der Waals surface area contributed by atoms with E-state index in [1.54, 1.807) is 18.6 Å². The monoisotopic (exact) mass is 299 g/mol. The van der Waals surface area contributed by atoms with Crippen molar-refractivity contribution >= 4 is 22.5 Å². The molecule has 0 aliphatic heterocycles. The molecule has 3 aromatic rings. The number of hydrogen-bond donors (Lipinski definition) is 2. The van der Waals surface area contributed by atoms with Gasteiger partial charge in [0, 0.05) is 30.9 Å². The van der Waals surface area contributed by atoms with E-state index in [0.717, 1.165) is 23.0 Å². The summed E-state index contributed by atoms with van der Waals surface area (Å²) in [6.45, 7) is 2.22. The third-order valence-electron chi connectivity index (χ3n) is 3.75. The highest BCUT2D eigenvalue weighted by molar-refractivity contribution is 5.78. The average molecular weight is 299 g/mol. The highest BCUT2D eigenvalue weighted by Crippen LogP contribution is 2.25. The number of nitrogens with two attached hydrogens (primary N) is 1. The number of anilines is 2. The molecule has 5 nitrogen and oxygen atoms in total. The third kappa shape index (κ3) is 2.53. The van der Waals surface area contributed by atoms with E-state index in [1.807, 2.05) is 24.6 Å². The smallest absolute Gasteiger partial charge is 0.132 e. The van der Waals surface area contributed by atoms with Crippen molar-refractivity contribution in [2.45, 2.75) is 19.9 Å². The van der Waals surface area contributed by atoms with Crippen LogP contribution in [0.2, 0.25) is 0 Å². The van der Waals surface area contributed by atoms with Gasteiger partial charge in [0.05, 0.1) is 18.0 Å². The average Bonchev–Trinajstić information content (AvgIpc) is 2.89. The summed E-state index contributed by atoms with van der Waals surface area (Å²) >= 11 is 0. The Morgan fingerprint density at radius 3 is 2.77 bits per heavy atom. The quantitative estimate of drug-likeness (QED) is 0.777. The third-order valence-corrected chi connectivity index (χ3v) is 3.75. The molecule has 1 aromatic carbocycles. The number of aryl methyl sites for hydroxylation is 2. The highest BCUT2D eigenvalue weighted by Gasteiger charge is 2.10. The normalized spacial score (nSPS) is 11.1. The van der Waals surface area contributed by atoms with Crippen molar-refractivity contribution in [1.29, 1.82) is 0 Å². The minimum atomic E-state index is -0.302. The van der Waals surface area contributed by atoms with Gasteiger partial charge in [-0.05, 0) is 24.1 Å². The molecule has 22 heavy (non-hydrogen) atoms. The molecule has 0 bridgehead atoms. The van der Waals surface area contributed by atoms with Gasteiger partial charge in [0.15, 0.2) is 0 Å². The van der Waals surface area contributed by atoms with E-state index < -0.39 is 0 Å². The van der Waals surface area contributed by atoms with Gasteiger partial charge in [0.25, 0.3) is 0 Å². The van der Waals surface area contributed by atoms with Crippen LogP contribution in [-0.2, 0) is 20.0 Å². The van der Waals surface area contributed by atoms with Crippen molar-refractivity contribution in [3.63, 3.8) is 0 Å². The van der Waals surface area contributed by atoms with Crippen molar-refractivity contribution in [1.82, 2.24) is 14.5 Å². The van der Waals surface area contributed by atoms with Gasteiger partial charge < -0.3 is 15.6 Å². The van der Waals surface area contributed by atoms with E-state index in [1.165, 1.54) is 6.07 Å². The van der Waals surface area contributed by atoms with Crippen LogP contribution < -0.4 is 11.1 Å². The molecule has 6 heteroatoms. The van der Waals surface area contributed by atoms with Crippen LogP contribution in [0.25, 0.3) is 11.0 Å². The molecule has 0 aliphatic carbocycles. The number of imidazole rings is 1. The lowest BCUT2D eigenvalue weighted by Gasteiger charge is -2.13. The van der Waals surface area contributed by atoms with E-state index in [4.69, 9.17) is 5.73 Å². The van der Waals surface area contributed by atoms with Crippen LogP contribution in [0.1, 0.15) is 18.1 Å². The maximum Gasteiger partial charge on any atom is 0.132 e. The molecule has 0 spiro atoms. The first-order chi connectivity index (χ1) is 10.6. The zero-order chi connectivity index (χ0) is 15.7. The Balaban J connectivity index is 2.00. The molecule has 3 N–H and O–H groups in total. The van der Waals surface area contributed by atoms with Crippen LogP contribution in [0, 0.1) is 5.82 Å². The highest BCUT2D eigenvalue weighted by atomic mass is 19.1. The summed E-state index contributed by atoms with van der Waals surface area (Å²) in [6.07, 6.45) is 4.22. The number of benzene rings is 1. The molecule has 0 radical (unpaired) electrons. The number of halogens is 1. The van der Waals surface area contributed by atoms with E-state index in [9.17, 15) is 4.39 Å².